The molecule has 1 fully saturated rings. The Labute approximate surface area is 193 Å². The van der Waals surface area contributed by atoms with Crippen LogP contribution >= 0.6 is 11.3 Å². The number of hydrogen-bond donors (Lipinski definition) is 1. The number of nitrogens with one attached hydrogen (secondary N) is 1. The number of rotatable bonds is 7. The van der Waals surface area contributed by atoms with Crippen LogP contribution in [0, 0.1) is 13.8 Å². The smallest absolute Gasteiger partial charge is 0.238 e. The molecule has 1 amide bonds. The molecule has 0 aliphatic carbocycles. The molecular formula is C25H30N4O2S. The molecule has 168 valence electrons. The van der Waals surface area contributed by atoms with Gasteiger partial charge in [0.2, 0.25) is 5.91 Å². The van der Waals surface area contributed by atoms with Gasteiger partial charge in [0, 0.05) is 49.4 Å². The highest BCUT2D eigenvalue weighted by Gasteiger charge is 2.20. The second kappa shape index (κ2) is 10.3. The first-order chi connectivity index (χ1) is 15.5. The molecule has 1 N–H and O–H groups in total. The zero-order valence-electron chi connectivity index (χ0n) is 18.9. The number of carbonyl (C=O) groups excluding carboxylic acids is 1. The minimum Gasteiger partial charge on any atom is -0.497 e. The van der Waals surface area contributed by atoms with Gasteiger partial charge in [-0.2, -0.15) is 0 Å². The molecule has 0 unspecified atom stereocenters. The van der Waals surface area contributed by atoms with Gasteiger partial charge >= 0.3 is 0 Å². The molecule has 6 nitrogen and oxygen atoms in total. The highest BCUT2D eigenvalue weighted by molar-refractivity contribution is 7.13. The monoisotopic (exact) mass is 450 g/mol. The first-order valence-electron chi connectivity index (χ1n) is 10.9. The standard InChI is InChI=1S/C25H30N4O2S/c1-18-5-4-6-19(2)24(18)27-23(30)16-29-13-11-28(12-14-29)15-21-17-32-25(26-21)20-7-9-22(31-3)10-8-20/h4-10,17H,11-16H2,1-3H3,(H,27,30). The van der Waals surface area contributed by atoms with Gasteiger partial charge in [-0.15, -0.1) is 11.3 Å². The van der Waals surface area contributed by atoms with Crippen molar-refractivity contribution in [3.8, 4) is 16.3 Å². The molecule has 3 aromatic rings. The Morgan fingerprint density at radius 1 is 1.03 bits per heavy atom. The lowest BCUT2D eigenvalue weighted by molar-refractivity contribution is -0.117. The number of para-hydroxylation sites is 1. The summed E-state index contributed by atoms with van der Waals surface area (Å²) < 4.78 is 5.23. The van der Waals surface area contributed by atoms with Gasteiger partial charge in [-0.3, -0.25) is 14.6 Å². The van der Waals surface area contributed by atoms with Crippen LogP contribution in [0.2, 0.25) is 0 Å². The van der Waals surface area contributed by atoms with Crippen LogP contribution in [0.4, 0.5) is 5.69 Å². The molecule has 32 heavy (non-hydrogen) atoms. The van der Waals surface area contributed by atoms with E-state index < -0.39 is 0 Å². The predicted molar refractivity (Wildman–Crippen MR) is 130 cm³/mol. The van der Waals surface area contributed by atoms with Gasteiger partial charge in [0.05, 0.1) is 19.3 Å². The summed E-state index contributed by atoms with van der Waals surface area (Å²) >= 11 is 1.67. The van der Waals surface area contributed by atoms with Gasteiger partial charge in [0.25, 0.3) is 0 Å². The molecule has 1 aliphatic rings. The summed E-state index contributed by atoms with van der Waals surface area (Å²) in [6.45, 7) is 8.97. The summed E-state index contributed by atoms with van der Waals surface area (Å²) in [6, 6.07) is 14.1. The number of carbonyl (C=O) groups is 1. The van der Waals surface area contributed by atoms with Crippen molar-refractivity contribution in [1.29, 1.82) is 0 Å². The maximum atomic E-state index is 12.6. The number of anilines is 1. The highest BCUT2D eigenvalue weighted by atomic mass is 32.1. The lowest BCUT2D eigenvalue weighted by Gasteiger charge is -2.33. The molecular weight excluding hydrogens is 420 g/mol. The number of nitrogens with zero attached hydrogens (tertiary/aromatic N) is 3. The predicted octanol–water partition coefficient (Wildman–Crippen LogP) is 4.19. The van der Waals surface area contributed by atoms with Crippen LogP contribution in [0.15, 0.2) is 47.8 Å². The number of piperazine rings is 1. The largest absolute Gasteiger partial charge is 0.497 e. The zero-order chi connectivity index (χ0) is 22.5. The Balaban J connectivity index is 1.25. The molecule has 2 aromatic carbocycles. The van der Waals surface area contributed by atoms with E-state index in [2.05, 4.69) is 20.5 Å². The first kappa shape index (κ1) is 22.5. The quantitative estimate of drug-likeness (QED) is 0.585. The molecule has 0 spiro atoms. The molecule has 0 atom stereocenters. The summed E-state index contributed by atoms with van der Waals surface area (Å²) in [4.78, 5) is 22.0. The second-order valence-electron chi connectivity index (χ2n) is 8.24. The van der Waals surface area contributed by atoms with Crippen LogP contribution in [0.5, 0.6) is 5.75 Å². The van der Waals surface area contributed by atoms with Crippen molar-refractivity contribution in [2.75, 3.05) is 45.2 Å². The molecule has 1 aromatic heterocycles. The number of thiazole rings is 1. The maximum Gasteiger partial charge on any atom is 0.238 e. The molecule has 2 heterocycles. The van der Waals surface area contributed by atoms with Gasteiger partial charge in [-0.25, -0.2) is 4.98 Å². The number of hydrogen-bond acceptors (Lipinski definition) is 6. The number of ether oxygens (including phenoxy) is 1. The molecule has 0 saturated carbocycles. The summed E-state index contributed by atoms with van der Waals surface area (Å²) in [5.74, 6) is 0.908. The molecule has 7 heteroatoms. The van der Waals surface area contributed by atoms with E-state index in [1.165, 1.54) is 0 Å². The number of aromatic nitrogens is 1. The fourth-order valence-corrected chi connectivity index (χ4v) is 4.79. The van der Waals surface area contributed by atoms with Crippen molar-refractivity contribution < 1.29 is 9.53 Å². The Hall–Kier alpha value is -2.74. The number of amides is 1. The van der Waals surface area contributed by atoms with Crippen LogP contribution in [-0.2, 0) is 11.3 Å². The topological polar surface area (TPSA) is 57.7 Å². The van der Waals surface area contributed by atoms with Crippen LogP contribution < -0.4 is 10.1 Å². The number of aryl methyl sites for hydroxylation is 2. The van der Waals surface area contributed by atoms with Crippen molar-refractivity contribution in [3.63, 3.8) is 0 Å². The Morgan fingerprint density at radius 3 is 2.34 bits per heavy atom. The highest BCUT2D eigenvalue weighted by Crippen LogP contribution is 2.26. The van der Waals surface area contributed by atoms with Crippen LogP contribution in [0.25, 0.3) is 10.6 Å². The van der Waals surface area contributed by atoms with Gasteiger partial charge in [-0.1, -0.05) is 18.2 Å². The van der Waals surface area contributed by atoms with Gasteiger partial charge in [0.1, 0.15) is 10.8 Å². The summed E-state index contributed by atoms with van der Waals surface area (Å²) in [5.41, 5.74) is 5.34. The minimum atomic E-state index is 0.0551. The summed E-state index contributed by atoms with van der Waals surface area (Å²) in [6.07, 6.45) is 0. The van der Waals surface area contributed by atoms with E-state index in [0.29, 0.717) is 6.54 Å². The average Bonchev–Trinajstić information content (AvgIpc) is 3.26. The maximum absolute atomic E-state index is 12.6. The lowest BCUT2D eigenvalue weighted by Crippen LogP contribution is -2.48. The van der Waals surface area contributed by atoms with Gasteiger partial charge < -0.3 is 10.1 Å². The Morgan fingerprint density at radius 2 is 1.69 bits per heavy atom. The molecule has 0 bridgehead atoms. The van der Waals surface area contributed by atoms with Crippen molar-refractivity contribution in [2.24, 2.45) is 0 Å². The summed E-state index contributed by atoms with van der Waals surface area (Å²) in [7, 11) is 1.67. The molecule has 1 aliphatic heterocycles. The van der Waals surface area contributed by atoms with Crippen molar-refractivity contribution in [3.05, 3.63) is 64.7 Å². The van der Waals surface area contributed by atoms with Gasteiger partial charge in [0.15, 0.2) is 0 Å². The van der Waals surface area contributed by atoms with Crippen LogP contribution in [-0.4, -0.2) is 60.5 Å². The van der Waals surface area contributed by atoms with Crippen molar-refractivity contribution in [2.45, 2.75) is 20.4 Å². The van der Waals surface area contributed by atoms with E-state index >= 15 is 0 Å². The third kappa shape index (κ3) is 5.54. The van der Waals surface area contributed by atoms with E-state index in [-0.39, 0.29) is 5.91 Å². The normalized spacial score (nSPS) is 15.0. The molecule has 1 saturated heterocycles. The van der Waals surface area contributed by atoms with Gasteiger partial charge in [-0.05, 0) is 49.2 Å². The van der Waals surface area contributed by atoms with Crippen molar-refractivity contribution >= 4 is 22.9 Å². The zero-order valence-corrected chi connectivity index (χ0v) is 19.7. The second-order valence-corrected chi connectivity index (χ2v) is 9.10. The lowest BCUT2D eigenvalue weighted by atomic mass is 10.1. The fourth-order valence-electron chi connectivity index (χ4n) is 3.97. The van der Waals surface area contributed by atoms with Crippen LogP contribution in [0.1, 0.15) is 16.8 Å². The van der Waals surface area contributed by atoms with E-state index in [9.17, 15) is 4.79 Å². The van der Waals surface area contributed by atoms with E-state index in [1.807, 2.05) is 56.3 Å². The number of methoxy groups -OCH3 is 1. The van der Waals surface area contributed by atoms with Crippen molar-refractivity contribution in [1.82, 2.24) is 14.8 Å². The molecule has 4 rings (SSSR count). The Kier molecular flexibility index (Phi) is 7.19. The third-order valence-corrected chi connectivity index (χ3v) is 6.79. The minimum absolute atomic E-state index is 0.0551. The fraction of sp³-hybridized carbons (Fsp3) is 0.360. The van der Waals surface area contributed by atoms with Crippen LogP contribution in [0.3, 0.4) is 0 Å². The molecule has 0 radical (unpaired) electrons. The average molecular weight is 451 g/mol. The SMILES string of the molecule is COc1ccc(-c2nc(CN3CCN(CC(=O)Nc4c(C)cccc4C)CC3)cs2)cc1. The Bertz CT molecular complexity index is 1040. The number of benzene rings is 2. The van der Waals surface area contributed by atoms with E-state index in [4.69, 9.17) is 9.72 Å². The van der Waals surface area contributed by atoms with E-state index in [0.717, 1.165) is 71.6 Å². The first-order valence-corrected chi connectivity index (χ1v) is 11.8. The van der Waals surface area contributed by atoms with E-state index in [1.54, 1.807) is 18.4 Å². The third-order valence-electron chi connectivity index (χ3n) is 5.85. The summed E-state index contributed by atoms with van der Waals surface area (Å²) in [5, 5.41) is 6.27.